The minimum absolute atomic E-state index is 0.00272. The number of hydrogen-bond acceptors (Lipinski definition) is 7. The zero-order valence-corrected chi connectivity index (χ0v) is 17.2. The van der Waals surface area contributed by atoms with Gasteiger partial charge in [0.1, 0.15) is 17.9 Å². The molecular weight excluding hydrogens is 453 g/mol. The summed E-state index contributed by atoms with van der Waals surface area (Å²) in [5, 5.41) is 11.3. The zero-order chi connectivity index (χ0) is 24.3. The minimum Gasteiger partial charge on any atom is -0.484 e. The van der Waals surface area contributed by atoms with Crippen LogP contribution in [0.15, 0.2) is 18.2 Å². The van der Waals surface area contributed by atoms with Crippen LogP contribution in [0.2, 0.25) is 0 Å². The number of piperazine rings is 1. The molecule has 0 N–H and O–H groups in total. The summed E-state index contributed by atoms with van der Waals surface area (Å²) in [6, 6.07) is 2.75. The van der Waals surface area contributed by atoms with Crippen LogP contribution in [0.4, 0.5) is 18.9 Å². The van der Waals surface area contributed by atoms with Gasteiger partial charge in [0.25, 0.3) is 11.6 Å². The van der Waals surface area contributed by atoms with Crippen molar-refractivity contribution >= 4 is 29.3 Å². The van der Waals surface area contributed by atoms with Gasteiger partial charge >= 0.3 is 6.18 Å². The Kier molecular flexibility index (Phi) is 6.84. The van der Waals surface area contributed by atoms with Gasteiger partial charge in [-0.05, 0) is 12.1 Å². The van der Waals surface area contributed by atoms with Gasteiger partial charge in [-0.3, -0.25) is 34.2 Å². The number of carbonyl (C=O) groups is 4. The number of carbonyl (C=O) groups excluding carboxylic acids is 4. The number of ether oxygens (including phenoxy) is 1. The van der Waals surface area contributed by atoms with Gasteiger partial charge in [-0.1, -0.05) is 0 Å². The predicted molar refractivity (Wildman–Crippen MR) is 103 cm³/mol. The van der Waals surface area contributed by atoms with E-state index >= 15 is 0 Å². The number of nitrogens with zero attached hydrogens (tertiary/aromatic N) is 4. The van der Waals surface area contributed by atoms with Crippen molar-refractivity contribution in [1.29, 1.82) is 0 Å². The lowest BCUT2D eigenvalue weighted by atomic mass is 10.1. The molecule has 11 nitrogen and oxygen atoms in total. The number of nitro benzene ring substituents is 1. The average Bonchev–Trinajstić information content (AvgIpc) is 3.08. The molecule has 0 radical (unpaired) electrons. The minimum atomic E-state index is -4.63. The van der Waals surface area contributed by atoms with Crippen molar-refractivity contribution in [1.82, 2.24) is 14.7 Å². The van der Waals surface area contributed by atoms with E-state index in [4.69, 9.17) is 0 Å². The van der Waals surface area contributed by atoms with Crippen molar-refractivity contribution in [2.75, 3.05) is 39.3 Å². The number of amides is 4. The predicted octanol–water partition coefficient (Wildman–Crippen LogP) is 0.969. The van der Waals surface area contributed by atoms with Crippen molar-refractivity contribution < 1.29 is 42.0 Å². The van der Waals surface area contributed by atoms with Gasteiger partial charge < -0.3 is 14.5 Å². The maximum Gasteiger partial charge on any atom is 0.422 e. The third kappa shape index (κ3) is 5.75. The molecule has 0 bridgehead atoms. The highest BCUT2D eigenvalue weighted by atomic mass is 19.4. The molecule has 0 spiro atoms. The van der Waals surface area contributed by atoms with E-state index in [2.05, 4.69) is 4.74 Å². The Morgan fingerprint density at radius 2 is 1.61 bits per heavy atom. The molecule has 0 aromatic heterocycles. The van der Waals surface area contributed by atoms with Crippen molar-refractivity contribution in [3.05, 3.63) is 33.9 Å². The van der Waals surface area contributed by atoms with E-state index in [-0.39, 0.29) is 44.8 Å². The Balaban J connectivity index is 1.65. The Bertz CT molecular complexity index is 974. The Morgan fingerprint density at radius 3 is 2.15 bits per heavy atom. The van der Waals surface area contributed by atoms with E-state index in [1.54, 1.807) is 0 Å². The number of imide groups is 1. The number of halogens is 3. The first-order valence-electron chi connectivity index (χ1n) is 9.84. The topological polar surface area (TPSA) is 130 Å². The highest BCUT2D eigenvalue weighted by molar-refractivity contribution is 6.04. The molecule has 3 rings (SSSR count). The summed E-state index contributed by atoms with van der Waals surface area (Å²) in [5.74, 6) is -2.48. The monoisotopic (exact) mass is 472 g/mol. The van der Waals surface area contributed by atoms with Gasteiger partial charge in [0.2, 0.25) is 17.7 Å². The molecule has 0 atom stereocenters. The number of likely N-dealkylation sites (tertiary alicyclic amines) is 1. The van der Waals surface area contributed by atoms with Crippen LogP contribution < -0.4 is 4.74 Å². The second-order valence-electron chi connectivity index (χ2n) is 7.39. The van der Waals surface area contributed by atoms with Crippen molar-refractivity contribution in [2.45, 2.75) is 19.0 Å². The quantitative estimate of drug-likeness (QED) is 0.343. The smallest absolute Gasteiger partial charge is 0.422 e. The van der Waals surface area contributed by atoms with Gasteiger partial charge in [0.15, 0.2) is 6.61 Å². The molecule has 178 valence electrons. The number of rotatable bonds is 6. The van der Waals surface area contributed by atoms with Crippen LogP contribution in [0, 0.1) is 10.1 Å². The van der Waals surface area contributed by atoms with E-state index in [1.807, 2.05) is 0 Å². The Labute approximate surface area is 184 Å². The van der Waals surface area contributed by atoms with Crippen molar-refractivity contribution in [2.24, 2.45) is 0 Å². The van der Waals surface area contributed by atoms with Crippen LogP contribution in [0.1, 0.15) is 23.2 Å². The van der Waals surface area contributed by atoms with Gasteiger partial charge in [-0.15, -0.1) is 0 Å². The first-order valence-corrected chi connectivity index (χ1v) is 9.84. The largest absolute Gasteiger partial charge is 0.484 e. The summed E-state index contributed by atoms with van der Waals surface area (Å²) in [5.41, 5.74) is -1.03. The van der Waals surface area contributed by atoms with Gasteiger partial charge in [-0.25, -0.2) is 0 Å². The van der Waals surface area contributed by atoms with Gasteiger partial charge in [-0.2, -0.15) is 13.2 Å². The SMILES string of the molecule is O=C(CN1C(=O)CCC1=O)N1CCN(C(=O)c2cc(OCC(F)(F)F)ccc2[N+](=O)[O-])CC1. The third-order valence-corrected chi connectivity index (χ3v) is 5.17. The van der Waals surface area contributed by atoms with E-state index < -0.39 is 59.1 Å². The molecule has 33 heavy (non-hydrogen) atoms. The molecule has 0 saturated carbocycles. The third-order valence-electron chi connectivity index (χ3n) is 5.17. The first-order chi connectivity index (χ1) is 15.5. The van der Waals surface area contributed by atoms with Gasteiger partial charge in [0.05, 0.1) is 4.92 Å². The summed E-state index contributed by atoms with van der Waals surface area (Å²) >= 11 is 0. The summed E-state index contributed by atoms with van der Waals surface area (Å²) in [6.07, 6.45) is -4.52. The van der Waals surface area contributed by atoms with E-state index in [9.17, 15) is 42.5 Å². The second kappa shape index (κ2) is 9.42. The average molecular weight is 472 g/mol. The standard InChI is InChI=1S/C19H19F3N4O7/c20-19(21,22)11-33-12-1-2-14(26(31)32)13(9-12)18(30)24-7-5-23(6-8-24)17(29)10-25-15(27)3-4-16(25)28/h1-2,9H,3-8,10-11H2. The molecule has 2 aliphatic heterocycles. The second-order valence-corrected chi connectivity index (χ2v) is 7.39. The molecule has 0 unspecified atom stereocenters. The fraction of sp³-hybridized carbons (Fsp3) is 0.474. The lowest BCUT2D eigenvalue weighted by molar-refractivity contribution is -0.385. The molecular formula is C19H19F3N4O7. The van der Waals surface area contributed by atoms with Crippen LogP contribution >= 0.6 is 0 Å². The number of nitro groups is 1. The van der Waals surface area contributed by atoms with Crippen LogP contribution in [-0.2, 0) is 14.4 Å². The summed E-state index contributed by atoms with van der Waals surface area (Å²) < 4.78 is 41.8. The molecule has 2 saturated heterocycles. The number of hydrogen-bond donors (Lipinski definition) is 0. The summed E-state index contributed by atoms with van der Waals surface area (Å²) in [7, 11) is 0. The molecule has 0 aliphatic carbocycles. The molecule has 14 heteroatoms. The first kappa shape index (κ1) is 23.9. The lowest BCUT2D eigenvalue weighted by Gasteiger charge is -2.35. The Hall–Kier alpha value is -3.71. The fourth-order valence-electron chi connectivity index (χ4n) is 3.46. The summed E-state index contributed by atoms with van der Waals surface area (Å²) in [6.45, 7) is -1.91. The van der Waals surface area contributed by atoms with Crippen LogP contribution in [-0.4, -0.2) is 88.8 Å². The van der Waals surface area contributed by atoms with E-state index in [0.717, 1.165) is 23.1 Å². The molecule has 2 aliphatic rings. The lowest BCUT2D eigenvalue weighted by Crippen LogP contribution is -2.53. The molecule has 4 amide bonds. The highest BCUT2D eigenvalue weighted by Gasteiger charge is 2.34. The van der Waals surface area contributed by atoms with Crippen LogP contribution in [0.5, 0.6) is 5.75 Å². The van der Waals surface area contributed by atoms with E-state index in [1.165, 1.54) is 9.80 Å². The number of alkyl halides is 3. The molecule has 2 fully saturated rings. The highest BCUT2D eigenvalue weighted by Crippen LogP contribution is 2.27. The van der Waals surface area contributed by atoms with Crippen molar-refractivity contribution in [3.63, 3.8) is 0 Å². The summed E-state index contributed by atoms with van der Waals surface area (Å²) in [4.78, 5) is 62.6. The Morgan fingerprint density at radius 1 is 1.03 bits per heavy atom. The van der Waals surface area contributed by atoms with Crippen LogP contribution in [0.25, 0.3) is 0 Å². The van der Waals surface area contributed by atoms with Crippen LogP contribution in [0.3, 0.4) is 0 Å². The molecule has 1 aromatic carbocycles. The molecule has 1 aromatic rings. The fourth-order valence-corrected chi connectivity index (χ4v) is 3.46. The number of benzene rings is 1. The maximum atomic E-state index is 12.9. The maximum absolute atomic E-state index is 12.9. The van der Waals surface area contributed by atoms with Crippen molar-refractivity contribution in [3.8, 4) is 5.75 Å². The zero-order valence-electron chi connectivity index (χ0n) is 17.2. The molecule has 2 heterocycles. The normalized spacial score (nSPS) is 16.9. The van der Waals surface area contributed by atoms with Gasteiger partial charge in [0, 0.05) is 45.1 Å². The van der Waals surface area contributed by atoms with E-state index in [0.29, 0.717) is 0 Å².